The second-order valence-electron chi connectivity index (χ2n) is 6.21. The van der Waals surface area contributed by atoms with Crippen LogP contribution in [0.25, 0.3) is 5.57 Å². The summed E-state index contributed by atoms with van der Waals surface area (Å²) in [4.78, 5) is 0. The molecular formula is C19H31N. The van der Waals surface area contributed by atoms with E-state index in [1.165, 1.54) is 42.4 Å². The number of anilines is 1. The van der Waals surface area contributed by atoms with Crippen molar-refractivity contribution in [2.24, 2.45) is 5.92 Å². The highest BCUT2D eigenvalue weighted by Crippen LogP contribution is 2.33. The van der Waals surface area contributed by atoms with Gasteiger partial charge in [-0.1, -0.05) is 52.2 Å². The van der Waals surface area contributed by atoms with Crippen molar-refractivity contribution < 1.29 is 0 Å². The summed E-state index contributed by atoms with van der Waals surface area (Å²) < 4.78 is 0. The number of hydrogen-bond acceptors (Lipinski definition) is 1. The Morgan fingerprint density at radius 3 is 2.15 bits per heavy atom. The van der Waals surface area contributed by atoms with Gasteiger partial charge in [0.25, 0.3) is 0 Å². The fourth-order valence-corrected chi connectivity index (χ4v) is 3.35. The standard InChI is InChI=1S/C19H31N/c1-7-9-16(10-8-2)12-17-14(5)11-15(6)18(13(3)4)19(17)20/h11,16H,3,7-10,12,20H2,1-2,4-6H3. The zero-order valence-electron chi connectivity index (χ0n) is 14.0. The second-order valence-corrected chi connectivity index (χ2v) is 6.21. The van der Waals surface area contributed by atoms with Gasteiger partial charge in [-0.3, -0.25) is 0 Å². The number of nitrogen functional groups attached to an aromatic ring is 1. The summed E-state index contributed by atoms with van der Waals surface area (Å²) in [5.74, 6) is 0.756. The van der Waals surface area contributed by atoms with Crippen LogP contribution in [-0.4, -0.2) is 0 Å². The molecule has 0 aliphatic heterocycles. The van der Waals surface area contributed by atoms with Crippen LogP contribution in [0.2, 0.25) is 0 Å². The Labute approximate surface area is 125 Å². The molecule has 0 spiro atoms. The lowest BCUT2D eigenvalue weighted by molar-refractivity contribution is 0.438. The van der Waals surface area contributed by atoms with Gasteiger partial charge in [0.1, 0.15) is 0 Å². The minimum Gasteiger partial charge on any atom is -0.398 e. The van der Waals surface area contributed by atoms with Crippen molar-refractivity contribution >= 4 is 11.3 Å². The molecule has 1 rings (SSSR count). The molecule has 1 heteroatoms. The van der Waals surface area contributed by atoms with Gasteiger partial charge in [0.2, 0.25) is 0 Å². The first-order chi connectivity index (χ1) is 9.42. The Hall–Kier alpha value is -1.24. The molecule has 0 aliphatic rings. The van der Waals surface area contributed by atoms with Crippen LogP contribution in [0.5, 0.6) is 0 Å². The van der Waals surface area contributed by atoms with Crippen LogP contribution < -0.4 is 5.73 Å². The molecule has 0 fully saturated rings. The third-order valence-corrected chi connectivity index (χ3v) is 4.21. The van der Waals surface area contributed by atoms with Gasteiger partial charge in [0, 0.05) is 11.3 Å². The van der Waals surface area contributed by atoms with Gasteiger partial charge in [-0.25, -0.2) is 0 Å². The van der Waals surface area contributed by atoms with E-state index in [4.69, 9.17) is 5.73 Å². The molecular weight excluding hydrogens is 242 g/mol. The van der Waals surface area contributed by atoms with Crippen molar-refractivity contribution in [2.45, 2.75) is 66.7 Å². The van der Waals surface area contributed by atoms with Crippen molar-refractivity contribution in [3.63, 3.8) is 0 Å². The highest BCUT2D eigenvalue weighted by Gasteiger charge is 2.16. The van der Waals surface area contributed by atoms with Crippen LogP contribution in [0.4, 0.5) is 5.69 Å². The molecule has 0 saturated heterocycles. The fraction of sp³-hybridized carbons (Fsp3) is 0.579. The fourth-order valence-electron chi connectivity index (χ4n) is 3.35. The minimum atomic E-state index is 0.756. The van der Waals surface area contributed by atoms with Gasteiger partial charge < -0.3 is 5.73 Å². The van der Waals surface area contributed by atoms with Crippen molar-refractivity contribution in [1.29, 1.82) is 0 Å². The number of rotatable bonds is 7. The van der Waals surface area contributed by atoms with E-state index in [1.54, 1.807) is 0 Å². The van der Waals surface area contributed by atoms with Gasteiger partial charge in [-0.15, -0.1) is 0 Å². The van der Waals surface area contributed by atoms with Crippen LogP contribution >= 0.6 is 0 Å². The highest BCUT2D eigenvalue weighted by atomic mass is 14.6. The first kappa shape index (κ1) is 16.8. The first-order valence-corrected chi connectivity index (χ1v) is 7.96. The monoisotopic (exact) mass is 273 g/mol. The Morgan fingerprint density at radius 2 is 1.70 bits per heavy atom. The molecule has 0 atom stereocenters. The maximum Gasteiger partial charge on any atom is 0.0428 e. The lowest BCUT2D eigenvalue weighted by Gasteiger charge is -2.21. The molecule has 1 aromatic carbocycles. The van der Waals surface area contributed by atoms with Gasteiger partial charge in [-0.05, 0) is 55.4 Å². The van der Waals surface area contributed by atoms with E-state index in [-0.39, 0.29) is 0 Å². The lowest BCUT2D eigenvalue weighted by atomic mass is 9.85. The summed E-state index contributed by atoms with van der Waals surface area (Å²) in [6.07, 6.45) is 6.21. The lowest BCUT2D eigenvalue weighted by Crippen LogP contribution is -2.10. The predicted molar refractivity (Wildman–Crippen MR) is 92.0 cm³/mol. The Morgan fingerprint density at radius 1 is 1.15 bits per heavy atom. The summed E-state index contributed by atoms with van der Waals surface area (Å²) in [5.41, 5.74) is 13.6. The van der Waals surface area contributed by atoms with Gasteiger partial charge in [-0.2, -0.15) is 0 Å². The summed E-state index contributed by atoms with van der Waals surface area (Å²) in [5, 5.41) is 0. The molecule has 0 heterocycles. The third-order valence-electron chi connectivity index (χ3n) is 4.21. The molecule has 0 unspecified atom stereocenters. The molecule has 112 valence electrons. The quantitative estimate of drug-likeness (QED) is 0.636. The summed E-state index contributed by atoms with van der Waals surface area (Å²) in [6, 6.07) is 2.27. The average molecular weight is 273 g/mol. The van der Waals surface area contributed by atoms with Crippen LogP contribution in [0.1, 0.15) is 68.7 Å². The molecule has 0 aromatic heterocycles. The minimum absolute atomic E-state index is 0.756. The largest absolute Gasteiger partial charge is 0.398 e. The van der Waals surface area contributed by atoms with E-state index in [2.05, 4.69) is 40.3 Å². The van der Waals surface area contributed by atoms with E-state index in [9.17, 15) is 0 Å². The summed E-state index contributed by atoms with van der Waals surface area (Å²) in [7, 11) is 0. The van der Waals surface area contributed by atoms with E-state index < -0.39 is 0 Å². The number of allylic oxidation sites excluding steroid dienone is 1. The Balaban J connectivity index is 3.16. The van der Waals surface area contributed by atoms with E-state index in [0.717, 1.165) is 29.2 Å². The zero-order chi connectivity index (χ0) is 15.3. The van der Waals surface area contributed by atoms with Crippen molar-refractivity contribution in [2.75, 3.05) is 5.73 Å². The summed E-state index contributed by atoms with van der Waals surface area (Å²) >= 11 is 0. The topological polar surface area (TPSA) is 26.0 Å². The van der Waals surface area contributed by atoms with Gasteiger partial charge in [0.15, 0.2) is 0 Å². The zero-order valence-corrected chi connectivity index (χ0v) is 14.0. The third kappa shape index (κ3) is 3.88. The van der Waals surface area contributed by atoms with Crippen LogP contribution in [0, 0.1) is 19.8 Å². The number of hydrogen-bond donors (Lipinski definition) is 1. The maximum atomic E-state index is 6.47. The van der Waals surface area contributed by atoms with Crippen molar-refractivity contribution in [3.8, 4) is 0 Å². The van der Waals surface area contributed by atoms with Crippen molar-refractivity contribution in [3.05, 3.63) is 34.9 Å². The predicted octanol–water partition coefficient (Wildman–Crippen LogP) is 5.68. The van der Waals surface area contributed by atoms with Crippen LogP contribution in [0.15, 0.2) is 12.6 Å². The molecule has 0 amide bonds. The first-order valence-electron chi connectivity index (χ1n) is 7.96. The molecule has 1 aromatic rings. The molecule has 0 aliphatic carbocycles. The number of benzene rings is 1. The molecule has 0 radical (unpaired) electrons. The van der Waals surface area contributed by atoms with Crippen LogP contribution in [-0.2, 0) is 6.42 Å². The smallest absolute Gasteiger partial charge is 0.0428 e. The van der Waals surface area contributed by atoms with E-state index >= 15 is 0 Å². The number of nitrogens with two attached hydrogens (primary N) is 1. The maximum absolute atomic E-state index is 6.47. The summed E-state index contributed by atoms with van der Waals surface area (Å²) in [6.45, 7) is 15.0. The van der Waals surface area contributed by atoms with Crippen LogP contribution in [0.3, 0.4) is 0 Å². The number of aryl methyl sites for hydroxylation is 2. The van der Waals surface area contributed by atoms with Gasteiger partial charge in [0.05, 0.1) is 0 Å². The van der Waals surface area contributed by atoms with E-state index in [1.807, 2.05) is 6.92 Å². The van der Waals surface area contributed by atoms with Gasteiger partial charge >= 0.3 is 0 Å². The second kappa shape index (κ2) is 7.52. The Kier molecular flexibility index (Phi) is 6.32. The molecule has 0 bridgehead atoms. The Bertz CT molecular complexity index is 465. The highest BCUT2D eigenvalue weighted by molar-refractivity contribution is 5.78. The molecule has 20 heavy (non-hydrogen) atoms. The SMILES string of the molecule is C=C(C)c1c(C)cc(C)c(CC(CCC)CCC)c1N. The molecule has 1 nitrogen and oxygen atoms in total. The van der Waals surface area contributed by atoms with Crippen molar-refractivity contribution in [1.82, 2.24) is 0 Å². The normalized spacial score (nSPS) is 11.1. The molecule has 2 N–H and O–H groups in total. The molecule has 0 saturated carbocycles. The average Bonchev–Trinajstić information content (AvgIpc) is 2.34. The van der Waals surface area contributed by atoms with E-state index in [0.29, 0.717) is 0 Å².